The van der Waals surface area contributed by atoms with E-state index >= 15 is 0 Å². The van der Waals surface area contributed by atoms with Gasteiger partial charge in [0.15, 0.2) is 0 Å². The summed E-state index contributed by atoms with van der Waals surface area (Å²) in [5.74, 6) is 0. The molecule has 0 fully saturated rings. The molecule has 0 aliphatic rings. The number of hydrogen-bond acceptors (Lipinski definition) is 3. The van der Waals surface area contributed by atoms with Crippen LogP contribution >= 0.6 is 0 Å². The van der Waals surface area contributed by atoms with Gasteiger partial charge in [-0.3, -0.25) is 4.90 Å². The second-order valence-corrected chi connectivity index (χ2v) is 5.48. The van der Waals surface area contributed by atoms with Crippen LogP contribution < -0.4 is 5.73 Å². The van der Waals surface area contributed by atoms with Gasteiger partial charge in [-0.1, -0.05) is 27.7 Å². The highest BCUT2D eigenvalue weighted by Gasteiger charge is 2.22. The van der Waals surface area contributed by atoms with Crippen molar-refractivity contribution in [3.63, 3.8) is 0 Å². The molecule has 0 bridgehead atoms. The van der Waals surface area contributed by atoms with E-state index in [0.29, 0.717) is 11.5 Å². The topological polar surface area (TPSA) is 38.5 Å². The molecule has 0 aromatic heterocycles. The summed E-state index contributed by atoms with van der Waals surface area (Å²) in [5.41, 5.74) is 6.21. The van der Waals surface area contributed by atoms with E-state index in [1.807, 2.05) is 6.92 Å². The van der Waals surface area contributed by atoms with Crippen LogP contribution in [0.5, 0.6) is 0 Å². The summed E-state index contributed by atoms with van der Waals surface area (Å²) >= 11 is 0. The minimum Gasteiger partial charge on any atom is -0.380 e. The average Bonchev–Trinajstić information content (AvgIpc) is 2.20. The Morgan fingerprint density at radius 1 is 1.25 bits per heavy atom. The number of nitrogens with zero attached hydrogens (tertiary/aromatic N) is 1. The van der Waals surface area contributed by atoms with Crippen molar-refractivity contribution in [2.45, 2.75) is 47.1 Å². The van der Waals surface area contributed by atoms with Crippen LogP contribution in [0, 0.1) is 5.41 Å². The van der Waals surface area contributed by atoms with Crippen LogP contribution in [0.4, 0.5) is 0 Å². The Morgan fingerprint density at radius 3 is 2.25 bits per heavy atom. The molecule has 0 saturated carbocycles. The van der Waals surface area contributed by atoms with E-state index in [-0.39, 0.29) is 0 Å². The van der Waals surface area contributed by atoms with E-state index in [1.165, 1.54) is 0 Å². The lowest BCUT2D eigenvalue weighted by molar-refractivity contribution is 0.0859. The van der Waals surface area contributed by atoms with Crippen molar-refractivity contribution in [2.75, 3.05) is 32.8 Å². The first kappa shape index (κ1) is 15.9. The summed E-state index contributed by atoms with van der Waals surface area (Å²) in [7, 11) is 0. The quantitative estimate of drug-likeness (QED) is 0.649. The Kier molecular flexibility index (Phi) is 7.98. The van der Waals surface area contributed by atoms with E-state index in [2.05, 4.69) is 32.6 Å². The molecular weight excluding hydrogens is 200 g/mol. The second-order valence-electron chi connectivity index (χ2n) is 5.48. The van der Waals surface area contributed by atoms with Crippen LogP contribution in [-0.4, -0.2) is 43.8 Å². The van der Waals surface area contributed by atoms with Crippen molar-refractivity contribution in [2.24, 2.45) is 11.1 Å². The van der Waals surface area contributed by atoms with Gasteiger partial charge in [0.1, 0.15) is 0 Å². The minimum absolute atomic E-state index is 0.336. The van der Waals surface area contributed by atoms with Gasteiger partial charge >= 0.3 is 0 Å². The molecule has 0 amide bonds. The zero-order valence-corrected chi connectivity index (χ0v) is 11.8. The van der Waals surface area contributed by atoms with Crippen LogP contribution in [0.25, 0.3) is 0 Å². The fourth-order valence-corrected chi connectivity index (χ4v) is 1.99. The van der Waals surface area contributed by atoms with E-state index in [0.717, 1.165) is 39.3 Å². The van der Waals surface area contributed by atoms with Gasteiger partial charge in [0, 0.05) is 25.7 Å². The van der Waals surface area contributed by atoms with Crippen LogP contribution in [0.2, 0.25) is 0 Å². The molecule has 0 heterocycles. The van der Waals surface area contributed by atoms with E-state index in [4.69, 9.17) is 10.5 Å². The molecule has 0 aliphatic heterocycles. The summed E-state index contributed by atoms with van der Waals surface area (Å²) in [4.78, 5) is 2.43. The highest BCUT2D eigenvalue weighted by molar-refractivity contribution is 4.77. The first-order chi connectivity index (χ1) is 7.44. The van der Waals surface area contributed by atoms with Crippen molar-refractivity contribution in [1.82, 2.24) is 4.90 Å². The van der Waals surface area contributed by atoms with Gasteiger partial charge in [-0.15, -0.1) is 0 Å². The lowest BCUT2D eigenvalue weighted by Crippen LogP contribution is -2.44. The summed E-state index contributed by atoms with van der Waals surface area (Å²) in [6.07, 6.45) is 1.14. The third-order valence-corrected chi connectivity index (χ3v) is 2.77. The van der Waals surface area contributed by atoms with Gasteiger partial charge in [0.25, 0.3) is 0 Å². The fourth-order valence-electron chi connectivity index (χ4n) is 1.99. The number of nitrogens with two attached hydrogens (primary N) is 1. The molecule has 1 unspecified atom stereocenters. The molecule has 0 radical (unpaired) electrons. The summed E-state index contributed by atoms with van der Waals surface area (Å²) in [6, 6.07) is 0.477. The predicted molar refractivity (Wildman–Crippen MR) is 70.7 cm³/mol. The molecule has 1 atom stereocenters. The maximum absolute atomic E-state index is 5.88. The third-order valence-electron chi connectivity index (χ3n) is 2.77. The van der Waals surface area contributed by atoms with Crippen molar-refractivity contribution in [3.05, 3.63) is 0 Å². The monoisotopic (exact) mass is 230 g/mol. The smallest absolute Gasteiger partial charge is 0.0593 e. The average molecular weight is 230 g/mol. The first-order valence-corrected chi connectivity index (χ1v) is 6.46. The Balaban J connectivity index is 4.16. The van der Waals surface area contributed by atoms with Gasteiger partial charge in [-0.05, 0) is 25.3 Å². The normalized spacial score (nSPS) is 14.4. The van der Waals surface area contributed by atoms with Gasteiger partial charge in [0.05, 0.1) is 6.61 Å². The van der Waals surface area contributed by atoms with Gasteiger partial charge < -0.3 is 10.5 Å². The zero-order valence-electron chi connectivity index (χ0n) is 11.8. The standard InChI is InChI=1S/C13H30N2O/c1-6-15(8-9-16-7-2)12(11-14)10-13(3,4)5/h12H,6-11,14H2,1-5H3. The molecule has 3 nitrogen and oxygen atoms in total. The Labute approximate surface area is 101 Å². The van der Waals surface area contributed by atoms with E-state index in [9.17, 15) is 0 Å². The fraction of sp³-hybridized carbons (Fsp3) is 1.00. The van der Waals surface area contributed by atoms with Crippen molar-refractivity contribution >= 4 is 0 Å². The SMILES string of the molecule is CCOCCN(CC)C(CN)CC(C)(C)C. The van der Waals surface area contributed by atoms with Crippen molar-refractivity contribution in [3.8, 4) is 0 Å². The van der Waals surface area contributed by atoms with Crippen molar-refractivity contribution < 1.29 is 4.74 Å². The molecule has 0 aliphatic carbocycles. The molecule has 0 spiro atoms. The van der Waals surface area contributed by atoms with Crippen LogP contribution in [0.3, 0.4) is 0 Å². The molecule has 2 N–H and O–H groups in total. The largest absolute Gasteiger partial charge is 0.380 e. The summed E-state index contributed by atoms with van der Waals surface area (Å²) in [6.45, 7) is 15.4. The first-order valence-electron chi connectivity index (χ1n) is 6.46. The Morgan fingerprint density at radius 2 is 1.88 bits per heavy atom. The van der Waals surface area contributed by atoms with E-state index in [1.54, 1.807) is 0 Å². The number of rotatable bonds is 8. The van der Waals surface area contributed by atoms with Gasteiger partial charge in [-0.25, -0.2) is 0 Å². The van der Waals surface area contributed by atoms with Crippen LogP contribution in [0.15, 0.2) is 0 Å². The zero-order chi connectivity index (χ0) is 12.6. The highest BCUT2D eigenvalue weighted by Crippen LogP contribution is 2.23. The predicted octanol–water partition coefficient (Wildman–Crippen LogP) is 2.11. The highest BCUT2D eigenvalue weighted by atomic mass is 16.5. The minimum atomic E-state index is 0.336. The van der Waals surface area contributed by atoms with Crippen LogP contribution in [-0.2, 0) is 4.74 Å². The number of hydrogen-bond donors (Lipinski definition) is 1. The van der Waals surface area contributed by atoms with Crippen molar-refractivity contribution in [1.29, 1.82) is 0 Å². The lowest BCUT2D eigenvalue weighted by atomic mass is 9.87. The number of ether oxygens (including phenoxy) is 1. The van der Waals surface area contributed by atoms with Gasteiger partial charge in [0.2, 0.25) is 0 Å². The van der Waals surface area contributed by atoms with E-state index < -0.39 is 0 Å². The molecular formula is C13H30N2O. The van der Waals surface area contributed by atoms with Crippen LogP contribution in [0.1, 0.15) is 41.0 Å². The number of likely N-dealkylation sites (N-methyl/N-ethyl adjacent to an activating group) is 1. The summed E-state index contributed by atoms with van der Waals surface area (Å²) in [5, 5.41) is 0. The Bertz CT molecular complexity index is 166. The molecule has 98 valence electrons. The third kappa shape index (κ3) is 7.20. The molecule has 16 heavy (non-hydrogen) atoms. The summed E-state index contributed by atoms with van der Waals surface area (Å²) < 4.78 is 5.41. The lowest BCUT2D eigenvalue weighted by Gasteiger charge is -2.34. The Hall–Kier alpha value is -0.120. The molecule has 0 aromatic carbocycles. The molecule has 0 aromatic rings. The van der Waals surface area contributed by atoms with Gasteiger partial charge in [-0.2, -0.15) is 0 Å². The molecule has 0 saturated heterocycles. The molecule has 3 heteroatoms. The second kappa shape index (κ2) is 8.04. The maximum atomic E-state index is 5.88. The maximum Gasteiger partial charge on any atom is 0.0593 e. The molecule has 0 rings (SSSR count).